The number of benzene rings is 1. The Hall–Kier alpha value is -1.59. The molecule has 0 spiro atoms. The molecule has 98 valence electrons. The summed E-state index contributed by atoms with van der Waals surface area (Å²) < 4.78 is 0. The van der Waals surface area contributed by atoms with E-state index >= 15 is 0 Å². The molecule has 0 radical (unpaired) electrons. The van der Waals surface area contributed by atoms with E-state index in [1.54, 1.807) is 24.3 Å². The van der Waals surface area contributed by atoms with Crippen LogP contribution in [0.25, 0.3) is 0 Å². The van der Waals surface area contributed by atoms with Crippen LogP contribution in [0, 0.1) is 0 Å². The van der Waals surface area contributed by atoms with Crippen molar-refractivity contribution in [2.45, 2.75) is 25.5 Å². The summed E-state index contributed by atoms with van der Waals surface area (Å²) in [6, 6.07) is 5.35. The highest BCUT2D eigenvalue weighted by Gasteiger charge is 2.24. The van der Waals surface area contributed by atoms with E-state index in [-0.39, 0.29) is 6.42 Å². The predicted molar refractivity (Wildman–Crippen MR) is 66.4 cm³/mol. The highest BCUT2D eigenvalue weighted by Crippen LogP contribution is 2.10. The Morgan fingerprint density at radius 2 is 1.89 bits per heavy atom. The van der Waals surface area contributed by atoms with Crippen molar-refractivity contribution in [3.63, 3.8) is 0 Å². The number of hydrogen-bond donors (Lipinski definition) is 3. The molecule has 0 fully saturated rings. The van der Waals surface area contributed by atoms with Crippen molar-refractivity contribution in [1.29, 1.82) is 0 Å². The Balaban J connectivity index is 2.60. The summed E-state index contributed by atoms with van der Waals surface area (Å²) in [5.41, 5.74) is 0.714. The van der Waals surface area contributed by atoms with Crippen molar-refractivity contribution in [2.75, 3.05) is 0 Å². The molecular weight excluding hydrogens is 258 g/mol. The highest BCUT2D eigenvalue weighted by atomic mass is 35.5. The van der Waals surface area contributed by atoms with Crippen molar-refractivity contribution in [3.05, 3.63) is 34.9 Å². The summed E-state index contributed by atoms with van der Waals surface area (Å²) in [5.74, 6) is -1.74. The molecule has 0 aromatic heterocycles. The minimum atomic E-state index is -1.30. The molecule has 0 aliphatic carbocycles. The van der Waals surface area contributed by atoms with Gasteiger partial charge in [0.25, 0.3) is 0 Å². The second-order valence-electron chi connectivity index (χ2n) is 3.93. The Morgan fingerprint density at radius 3 is 2.33 bits per heavy atom. The first-order chi connectivity index (χ1) is 8.40. The fourth-order valence-corrected chi connectivity index (χ4v) is 1.53. The minimum absolute atomic E-state index is 0.0354. The van der Waals surface area contributed by atoms with Crippen LogP contribution in [0.4, 0.5) is 0 Å². The summed E-state index contributed by atoms with van der Waals surface area (Å²) in [6.07, 6.45) is -1.12. The third kappa shape index (κ3) is 4.35. The van der Waals surface area contributed by atoms with Gasteiger partial charge >= 0.3 is 5.97 Å². The zero-order valence-corrected chi connectivity index (χ0v) is 10.5. The van der Waals surface area contributed by atoms with E-state index in [0.29, 0.717) is 10.6 Å². The van der Waals surface area contributed by atoms with Gasteiger partial charge in [0.1, 0.15) is 0 Å². The largest absolute Gasteiger partial charge is 0.480 e. The van der Waals surface area contributed by atoms with Gasteiger partial charge < -0.3 is 15.5 Å². The van der Waals surface area contributed by atoms with Gasteiger partial charge in [-0.2, -0.15) is 0 Å². The molecule has 6 heteroatoms. The van der Waals surface area contributed by atoms with Crippen LogP contribution in [0.15, 0.2) is 24.3 Å². The van der Waals surface area contributed by atoms with Gasteiger partial charge in [-0.25, -0.2) is 4.79 Å². The number of carboxylic acids is 1. The number of aliphatic carboxylic acids is 1. The van der Waals surface area contributed by atoms with Crippen molar-refractivity contribution < 1.29 is 19.8 Å². The van der Waals surface area contributed by atoms with Crippen molar-refractivity contribution in [3.8, 4) is 0 Å². The number of carboxylic acid groups (broad SMARTS) is 1. The average Bonchev–Trinajstić information content (AvgIpc) is 2.28. The lowest BCUT2D eigenvalue weighted by Crippen LogP contribution is -2.48. The van der Waals surface area contributed by atoms with Crippen LogP contribution in [-0.4, -0.2) is 34.2 Å². The molecule has 0 bridgehead atoms. The summed E-state index contributed by atoms with van der Waals surface area (Å²) in [6.45, 7) is 1.31. The van der Waals surface area contributed by atoms with E-state index in [2.05, 4.69) is 5.32 Å². The van der Waals surface area contributed by atoms with E-state index in [1.165, 1.54) is 6.92 Å². The first-order valence-corrected chi connectivity index (χ1v) is 5.72. The van der Waals surface area contributed by atoms with E-state index in [1.807, 2.05) is 0 Å². The standard InChI is InChI=1S/C12H14ClNO4/c1-7(15)11(12(17)18)14-10(16)6-8-2-4-9(13)5-3-8/h2-5,7,11,15H,6H2,1H3,(H,14,16)(H,17,18). The molecule has 1 amide bonds. The number of aliphatic hydroxyl groups is 1. The predicted octanol–water partition coefficient (Wildman–Crippen LogP) is 0.833. The van der Waals surface area contributed by atoms with Crippen LogP contribution >= 0.6 is 11.6 Å². The maximum absolute atomic E-state index is 11.6. The van der Waals surface area contributed by atoms with E-state index in [4.69, 9.17) is 16.7 Å². The molecule has 2 unspecified atom stereocenters. The second kappa shape index (κ2) is 6.37. The van der Waals surface area contributed by atoms with Gasteiger partial charge in [-0.1, -0.05) is 23.7 Å². The molecule has 18 heavy (non-hydrogen) atoms. The first kappa shape index (κ1) is 14.5. The molecule has 1 rings (SSSR count). The molecule has 1 aromatic carbocycles. The van der Waals surface area contributed by atoms with E-state index in [9.17, 15) is 14.7 Å². The number of carbonyl (C=O) groups is 2. The molecule has 2 atom stereocenters. The monoisotopic (exact) mass is 271 g/mol. The normalized spacial score (nSPS) is 13.7. The number of carbonyl (C=O) groups excluding carboxylic acids is 1. The Bertz CT molecular complexity index is 430. The van der Waals surface area contributed by atoms with Gasteiger partial charge in [-0.15, -0.1) is 0 Å². The third-order valence-electron chi connectivity index (χ3n) is 2.34. The SMILES string of the molecule is CC(O)C(NC(=O)Cc1ccc(Cl)cc1)C(=O)O. The van der Waals surface area contributed by atoms with Crippen LogP contribution in [0.3, 0.4) is 0 Å². The van der Waals surface area contributed by atoms with Crippen LogP contribution in [-0.2, 0) is 16.0 Å². The summed E-state index contributed by atoms with van der Waals surface area (Å²) in [4.78, 5) is 22.4. The molecular formula is C12H14ClNO4. The van der Waals surface area contributed by atoms with Crippen LogP contribution < -0.4 is 5.32 Å². The zero-order chi connectivity index (χ0) is 13.7. The minimum Gasteiger partial charge on any atom is -0.480 e. The average molecular weight is 272 g/mol. The summed E-state index contributed by atoms with van der Waals surface area (Å²) in [7, 11) is 0. The number of amides is 1. The Labute approximate surface area is 109 Å². The summed E-state index contributed by atoms with van der Waals surface area (Å²) in [5, 5.41) is 20.8. The van der Waals surface area contributed by atoms with Crippen LogP contribution in [0.5, 0.6) is 0 Å². The van der Waals surface area contributed by atoms with Crippen LogP contribution in [0.1, 0.15) is 12.5 Å². The lowest BCUT2D eigenvalue weighted by atomic mass is 10.1. The number of rotatable bonds is 5. The van der Waals surface area contributed by atoms with Gasteiger partial charge in [0.05, 0.1) is 12.5 Å². The number of hydrogen-bond acceptors (Lipinski definition) is 3. The Morgan fingerprint density at radius 1 is 1.33 bits per heavy atom. The smallest absolute Gasteiger partial charge is 0.328 e. The van der Waals surface area contributed by atoms with Gasteiger partial charge in [-0.05, 0) is 24.6 Å². The Kier molecular flexibility index (Phi) is 5.12. The number of halogens is 1. The van der Waals surface area contributed by atoms with Crippen molar-refractivity contribution in [2.24, 2.45) is 0 Å². The second-order valence-corrected chi connectivity index (χ2v) is 4.36. The lowest BCUT2D eigenvalue weighted by Gasteiger charge is -2.16. The maximum atomic E-state index is 11.6. The topological polar surface area (TPSA) is 86.6 Å². The van der Waals surface area contributed by atoms with Crippen LogP contribution in [0.2, 0.25) is 5.02 Å². The van der Waals surface area contributed by atoms with Crippen molar-refractivity contribution >= 4 is 23.5 Å². The molecule has 0 heterocycles. The van der Waals surface area contributed by atoms with Gasteiger partial charge in [0.2, 0.25) is 5.91 Å². The molecule has 0 aliphatic heterocycles. The lowest BCUT2D eigenvalue weighted by molar-refractivity contribution is -0.144. The van der Waals surface area contributed by atoms with Gasteiger partial charge in [-0.3, -0.25) is 4.79 Å². The van der Waals surface area contributed by atoms with E-state index < -0.39 is 24.0 Å². The molecule has 0 saturated heterocycles. The third-order valence-corrected chi connectivity index (χ3v) is 2.59. The molecule has 3 N–H and O–H groups in total. The number of nitrogens with one attached hydrogen (secondary N) is 1. The van der Waals surface area contributed by atoms with Gasteiger partial charge in [0.15, 0.2) is 6.04 Å². The molecule has 1 aromatic rings. The molecule has 0 aliphatic rings. The van der Waals surface area contributed by atoms with Crippen molar-refractivity contribution in [1.82, 2.24) is 5.32 Å². The molecule has 0 saturated carbocycles. The number of aliphatic hydroxyl groups excluding tert-OH is 1. The molecule has 5 nitrogen and oxygen atoms in total. The first-order valence-electron chi connectivity index (χ1n) is 5.35. The fourth-order valence-electron chi connectivity index (χ4n) is 1.40. The summed E-state index contributed by atoms with van der Waals surface area (Å²) >= 11 is 5.70. The van der Waals surface area contributed by atoms with E-state index in [0.717, 1.165) is 0 Å². The van der Waals surface area contributed by atoms with Gasteiger partial charge in [0, 0.05) is 5.02 Å². The quantitative estimate of drug-likeness (QED) is 0.740. The highest BCUT2D eigenvalue weighted by molar-refractivity contribution is 6.30. The maximum Gasteiger partial charge on any atom is 0.328 e. The zero-order valence-electron chi connectivity index (χ0n) is 9.76. The fraction of sp³-hybridized carbons (Fsp3) is 0.333.